The van der Waals surface area contributed by atoms with Crippen LogP contribution in [-0.4, -0.2) is 41.3 Å². The van der Waals surface area contributed by atoms with Gasteiger partial charge < -0.3 is 0 Å². The summed E-state index contributed by atoms with van der Waals surface area (Å²) in [6.07, 6.45) is 5.94. The standard InChI is InChI=1S/C9H19N.CH3.Ga/c1-4-6-8-10(3)9-7-5-2;;/h1-2,4-9H2,3H3;1H3;. The van der Waals surface area contributed by atoms with Crippen molar-refractivity contribution in [2.24, 2.45) is 0 Å². The summed E-state index contributed by atoms with van der Waals surface area (Å²) >= 11 is -0.689. The molecule has 0 aromatic carbocycles. The van der Waals surface area contributed by atoms with E-state index in [0.717, 1.165) is 0 Å². The van der Waals surface area contributed by atoms with Gasteiger partial charge in [-0.1, -0.05) is 0 Å². The second kappa shape index (κ2) is 6.11. The third kappa shape index (κ3) is 4.58. The SMILES string of the molecule is CN1CCC[CH2][Ga]([CH3])[CH2]CCC1. The fraction of sp³-hybridized carbons (Fsp3) is 1.00. The molecule has 2 heteroatoms. The van der Waals surface area contributed by atoms with Gasteiger partial charge in [0.05, 0.1) is 0 Å². The Bertz CT molecular complexity index is 90.4. The molecule has 1 nitrogen and oxygen atoms in total. The van der Waals surface area contributed by atoms with Crippen molar-refractivity contribution in [1.82, 2.24) is 4.90 Å². The van der Waals surface area contributed by atoms with Gasteiger partial charge in [-0.3, -0.25) is 0 Å². The minimum absolute atomic E-state index is 0.689. The van der Waals surface area contributed by atoms with E-state index < -0.39 is 16.2 Å². The second-order valence-electron chi connectivity index (χ2n) is 4.40. The first-order valence-corrected chi connectivity index (χ1v) is 11.3. The van der Waals surface area contributed by atoms with Gasteiger partial charge in [0, 0.05) is 0 Å². The fourth-order valence-electron chi connectivity index (χ4n) is 2.01. The van der Waals surface area contributed by atoms with E-state index in [9.17, 15) is 0 Å². The van der Waals surface area contributed by atoms with Crippen LogP contribution in [-0.2, 0) is 0 Å². The summed E-state index contributed by atoms with van der Waals surface area (Å²) in [5, 5.41) is 0. The maximum absolute atomic E-state index is 2.60. The van der Waals surface area contributed by atoms with Crippen LogP contribution in [0.1, 0.15) is 25.7 Å². The summed E-state index contributed by atoms with van der Waals surface area (Å²) < 4.78 is 0. The molecule has 0 unspecified atom stereocenters. The van der Waals surface area contributed by atoms with Gasteiger partial charge in [-0.2, -0.15) is 0 Å². The normalized spacial score (nSPS) is 24.0. The molecule has 0 N–H and O–H groups in total. The molecule has 0 aromatic heterocycles. The summed E-state index contributed by atoms with van der Waals surface area (Å²) in [6.45, 7) is 2.68. The predicted octanol–water partition coefficient (Wildman–Crippen LogP) is 2.62. The number of hydrogen-bond donors (Lipinski definition) is 0. The zero-order chi connectivity index (χ0) is 8.81. The molecule has 1 saturated heterocycles. The first-order chi connectivity index (χ1) is 5.79. The quantitative estimate of drug-likeness (QED) is 0.574. The molecule has 1 aliphatic rings. The molecule has 0 spiro atoms. The van der Waals surface area contributed by atoms with Gasteiger partial charge in [-0.05, 0) is 0 Å². The number of rotatable bonds is 0. The van der Waals surface area contributed by atoms with E-state index in [2.05, 4.69) is 17.4 Å². The topological polar surface area (TPSA) is 3.24 Å². The Morgan fingerprint density at radius 2 is 1.42 bits per heavy atom. The third-order valence-corrected chi connectivity index (χ3v) is 8.82. The van der Waals surface area contributed by atoms with Crippen molar-refractivity contribution in [3.8, 4) is 0 Å². The van der Waals surface area contributed by atoms with E-state index in [-0.39, 0.29) is 0 Å². The van der Waals surface area contributed by atoms with Gasteiger partial charge in [-0.15, -0.1) is 0 Å². The predicted molar refractivity (Wildman–Crippen MR) is 57.2 cm³/mol. The Balaban J connectivity index is 2.20. The summed E-state index contributed by atoms with van der Waals surface area (Å²) in [4.78, 5) is 5.78. The van der Waals surface area contributed by atoms with Gasteiger partial charge in [0.1, 0.15) is 0 Å². The fourth-order valence-corrected chi connectivity index (χ4v) is 6.75. The van der Waals surface area contributed by atoms with Crippen molar-refractivity contribution in [2.75, 3.05) is 20.1 Å². The van der Waals surface area contributed by atoms with Crippen LogP contribution in [0.15, 0.2) is 0 Å². The van der Waals surface area contributed by atoms with E-state index in [1.807, 2.05) is 0 Å². The van der Waals surface area contributed by atoms with Crippen LogP contribution in [0.4, 0.5) is 0 Å². The Morgan fingerprint density at radius 1 is 0.917 bits per heavy atom. The molecule has 0 aliphatic carbocycles. The molecule has 0 saturated carbocycles. The minimum atomic E-state index is -0.689. The zero-order valence-corrected chi connectivity index (χ0v) is 11.1. The van der Waals surface area contributed by atoms with E-state index >= 15 is 0 Å². The monoisotopic (exact) mass is 225 g/mol. The summed E-state index contributed by atoms with van der Waals surface area (Å²) in [7, 11) is 2.27. The van der Waals surface area contributed by atoms with E-state index in [1.54, 1.807) is 9.95 Å². The zero-order valence-electron chi connectivity index (χ0n) is 8.68. The van der Waals surface area contributed by atoms with Gasteiger partial charge >= 0.3 is 82.4 Å². The van der Waals surface area contributed by atoms with Crippen LogP contribution in [0.2, 0.25) is 15.4 Å². The third-order valence-electron chi connectivity index (χ3n) is 2.97. The van der Waals surface area contributed by atoms with Crippen molar-refractivity contribution in [3.05, 3.63) is 0 Å². The van der Waals surface area contributed by atoms with E-state index in [4.69, 9.17) is 0 Å². The molecule has 0 bridgehead atoms. The molecule has 1 rings (SSSR count). The molecule has 0 atom stereocenters. The van der Waals surface area contributed by atoms with Crippen LogP contribution in [0.3, 0.4) is 0 Å². The van der Waals surface area contributed by atoms with Crippen molar-refractivity contribution < 1.29 is 0 Å². The van der Waals surface area contributed by atoms with Crippen molar-refractivity contribution >= 4 is 16.2 Å². The molecule has 1 fully saturated rings. The van der Waals surface area contributed by atoms with Gasteiger partial charge in [0.25, 0.3) is 0 Å². The van der Waals surface area contributed by atoms with E-state index in [1.165, 1.54) is 38.8 Å². The van der Waals surface area contributed by atoms with Gasteiger partial charge in [0.2, 0.25) is 0 Å². The molecule has 1 heterocycles. The van der Waals surface area contributed by atoms with Crippen LogP contribution >= 0.6 is 0 Å². The van der Waals surface area contributed by atoms with Crippen molar-refractivity contribution in [3.63, 3.8) is 0 Å². The summed E-state index contributed by atoms with van der Waals surface area (Å²) in [5.41, 5.74) is 2.60. The van der Waals surface area contributed by atoms with Crippen LogP contribution < -0.4 is 0 Å². The molecule has 0 amide bonds. The molecule has 0 aromatic rings. The van der Waals surface area contributed by atoms with Crippen molar-refractivity contribution in [1.29, 1.82) is 0 Å². The van der Waals surface area contributed by atoms with E-state index in [0.29, 0.717) is 0 Å². The van der Waals surface area contributed by atoms with Gasteiger partial charge in [-0.25, -0.2) is 0 Å². The molecule has 70 valence electrons. The Kier molecular flexibility index (Phi) is 5.44. The Hall–Kier alpha value is 0.596. The molecule has 0 radical (unpaired) electrons. The van der Waals surface area contributed by atoms with Gasteiger partial charge in [0.15, 0.2) is 0 Å². The number of hydrogen-bond acceptors (Lipinski definition) is 1. The Labute approximate surface area is 82.6 Å². The summed E-state index contributed by atoms with van der Waals surface area (Å²) in [5.74, 6) is 0. The average molecular weight is 226 g/mol. The van der Waals surface area contributed by atoms with Crippen LogP contribution in [0.5, 0.6) is 0 Å². The molecule has 12 heavy (non-hydrogen) atoms. The molecular weight excluding hydrogens is 204 g/mol. The molecular formula is C10H22GaN. The number of nitrogens with zero attached hydrogens (tertiary/aromatic N) is 1. The first kappa shape index (κ1) is 10.7. The first-order valence-electron chi connectivity index (χ1n) is 5.47. The van der Waals surface area contributed by atoms with Crippen LogP contribution in [0, 0.1) is 0 Å². The molecule has 1 aliphatic heterocycles. The maximum atomic E-state index is 2.60. The average Bonchev–Trinajstić information content (AvgIpc) is 2.06. The van der Waals surface area contributed by atoms with Crippen molar-refractivity contribution in [2.45, 2.75) is 41.1 Å². The summed E-state index contributed by atoms with van der Waals surface area (Å²) in [6, 6.07) is 0. The Morgan fingerprint density at radius 3 is 1.92 bits per heavy atom. The van der Waals surface area contributed by atoms with Crippen LogP contribution in [0.25, 0.3) is 0 Å². The second-order valence-corrected chi connectivity index (χ2v) is 11.5.